The molecule has 0 unspecified atom stereocenters. The van der Waals surface area contributed by atoms with E-state index in [1.54, 1.807) is 0 Å². The second kappa shape index (κ2) is 6.49. The third kappa shape index (κ3) is 5.53. The molecule has 2 heteroatoms. The largest absolute Gasteiger partial charge is 0.320 e. The lowest BCUT2D eigenvalue weighted by molar-refractivity contribution is 0.258. The lowest BCUT2D eigenvalue weighted by Gasteiger charge is -2.23. The number of nitrogens with one attached hydrogen (secondary N) is 1. The van der Waals surface area contributed by atoms with Crippen molar-refractivity contribution in [3.63, 3.8) is 0 Å². The van der Waals surface area contributed by atoms with Crippen molar-refractivity contribution in [2.45, 2.75) is 46.0 Å². The van der Waals surface area contributed by atoms with Crippen molar-refractivity contribution < 1.29 is 0 Å². The van der Waals surface area contributed by atoms with Gasteiger partial charge in [-0.05, 0) is 70.7 Å². The summed E-state index contributed by atoms with van der Waals surface area (Å²) >= 11 is 0. The zero-order chi connectivity index (χ0) is 11.1. The maximum Gasteiger partial charge on any atom is -0.00136 e. The summed E-state index contributed by atoms with van der Waals surface area (Å²) in [6.07, 6.45) is 6.83. The molecule has 90 valence electrons. The second-order valence-corrected chi connectivity index (χ2v) is 5.67. The number of rotatable bonds is 5. The number of hydrogen-bond donors (Lipinski definition) is 1. The molecular formula is C13H28N2. The highest BCUT2D eigenvalue weighted by Gasteiger charge is 2.22. The average Bonchev–Trinajstić information content (AvgIpc) is 2.35. The first-order valence-electron chi connectivity index (χ1n) is 6.51. The number of unbranched alkanes of at least 4 members (excludes halogenated alkanes) is 1. The smallest absolute Gasteiger partial charge is 0.00136 e. The minimum absolute atomic E-state index is 0.583. The maximum absolute atomic E-state index is 3.21. The summed E-state index contributed by atoms with van der Waals surface area (Å²) in [6.45, 7) is 9.93. The van der Waals surface area contributed by atoms with Crippen molar-refractivity contribution >= 4 is 0 Å². The van der Waals surface area contributed by atoms with E-state index in [4.69, 9.17) is 0 Å². The van der Waals surface area contributed by atoms with Gasteiger partial charge in [-0.3, -0.25) is 0 Å². The highest BCUT2D eigenvalue weighted by atomic mass is 15.1. The Bertz CT molecular complexity index is 166. The van der Waals surface area contributed by atoms with Crippen LogP contribution in [0.15, 0.2) is 0 Å². The Labute approximate surface area is 95.4 Å². The third-order valence-corrected chi connectivity index (χ3v) is 3.58. The van der Waals surface area contributed by atoms with Crippen LogP contribution in [-0.2, 0) is 0 Å². The van der Waals surface area contributed by atoms with Crippen LogP contribution in [0.5, 0.6) is 0 Å². The Morgan fingerprint density at radius 1 is 1.13 bits per heavy atom. The summed E-state index contributed by atoms with van der Waals surface area (Å²) in [6, 6.07) is 0. The second-order valence-electron chi connectivity index (χ2n) is 5.67. The molecule has 1 saturated heterocycles. The summed E-state index contributed by atoms with van der Waals surface area (Å²) in [4.78, 5) is 2.66. The van der Waals surface area contributed by atoms with Crippen LogP contribution in [0.4, 0.5) is 0 Å². The summed E-state index contributed by atoms with van der Waals surface area (Å²) in [5.41, 5.74) is 0.583. The Kier molecular flexibility index (Phi) is 5.62. The highest BCUT2D eigenvalue weighted by Crippen LogP contribution is 2.29. The van der Waals surface area contributed by atoms with Gasteiger partial charge in [-0.2, -0.15) is 0 Å². The molecule has 0 radical (unpaired) electrons. The minimum atomic E-state index is 0.583. The number of hydrogen-bond acceptors (Lipinski definition) is 2. The van der Waals surface area contributed by atoms with Crippen molar-refractivity contribution in [1.29, 1.82) is 0 Å². The normalized spacial score (nSPS) is 22.6. The molecule has 0 spiro atoms. The van der Waals surface area contributed by atoms with E-state index in [1.165, 1.54) is 58.3 Å². The van der Waals surface area contributed by atoms with Crippen molar-refractivity contribution in [3.8, 4) is 0 Å². The maximum atomic E-state index is 3.21. The van der Waals surface area contributed by atoms with Gasteiger partial charge in [-0.1, -0.05) is 13.8 Å². The molecule has 0 aliphatic carbocycles. The molecule has 0 aromatic heterocycles. The first-order valence-corrected chi connectivity index (χ1v) is 6.51. The SMILES string of the molecule is CNCCCCN1CCCC(C)(C)CC1. The van der Waals surface area contributed by atoms with Gasteiger partial charge in [-0.25, -0.2) is 0 Å². The monoisotopic (exact) mass is 212 g/mol. The molecule has 0 bridgehead atoms. The summed E-state index contributed by atoms with van der Waals surface area (Å²) in [5.74, 6) is 0. The van der Waals surface area contributed by atoms with E-state index < -0.39 is 0 Å². The molecule has 1 fully saturated rings. The molecule has 1 heterocycles. The van der Waals surface area contributed by atoms with Crippen molar-refractivity contribution in [2.75, 3.05) is 33.2 Å². The Balaban J connectivity index is 2.14. The van der Waals surface area contributed by atoms with Crippen LogP contribution in [0.25, 0.3) is 0 Å². The summed E-state index contributed by atoms with van der Waals surface area (Å²) in [5, 5.41) is 3.21. The predicted molar refractivity (Wildman–Crippen MR) is 67.2 cm³/mol. The minimum Gasteiger partial charge on any atom is -0.320 e. The molecule has 0 aromatic rings. The van der Waals surface area contributed by atoms with Gasteiger partial charge in [0.1, 0.15) is 0 Å². The van der Waals surface area contributed by atoms with E-state index in [9.17, 15) is 0 Å². The first-order chi connectivity index (χ1) is 7.14. The first kappa shape index (κ1) is 13.0. The molecule has 0 aromatic carbocycles. The zero-order valence-electron chi connectivity index (χ0n) is 10.8. The van der Waals surface area contributed by atoms with Gasteiger partial charge in [0.15, 0.2) is 0 Å². The molecule has 0 atom stereocenters. The van der Waals surface area contributed by atoms with Gasteiger partial charge in [-0.15, -0.1) is 0 Å². The van der Waals surface area contributed by atoms with Crippen LogP contribution in [0, 0.1) is 5.41 Å². The third-order valence-electron chi connectivity index (χ3n) is 3.58. The van der Waals surface area contributed by atoms with Crippen molar-refractivity contribution in [3.05, 3.63) is 0 Å². The van der Waals surface area contributed by atoms with E-state index >= 15 is 0 Å². The fraction of sp³-hybridized carbons (Fsp3) is 1.00. The van der Waals surface area contributed by atoms with Crippen LogP contribution >= 0.6 is 0 Å². The van der Waals surface area contributed by atoms with E-state index in [2.05, 4.69) is 24.1 Å². The van der Waals surface area contributed by atoms with Crippen LogP contribution in [-0.4, -0.2) is 38.1 Å². The van der Waals surface area contributed by atoms with Crippen LogP contribution < -0.4 is 5.32 Å². The van der Waals surface area contributed by atoms with Crippen molar-refractivity contribution in [2.24, 2.45) is 5.41 Å². The Hall–Kier alpha value is -0.0800. The van der Waals surface area contributed by atoms with Crippen LogP contribution in [0.1, 0.15) is 46.0 Å². The van der Waals surface area contributed by atoms with E-state index in [1.807, 2.05) is 7.05 Å². The number of nitrogens with zero attached hydrogens (tertiary/aromatic N) is 1. The molecule has 1 aliphatic rings. The Morgan fingerprint density at radius 2 is 1.93 bits per heavy atom. The van der Waals surface area contributed by atoms with Crippen molar-refractivity contribution in [1.82, 2.24) is 10.2 Å². The Morgan fingerprint density at radius 3 is 2.67 bits per heavy atom. The molecule has 0 amide bonds. The summed E-state index contributed by atoms with van der Waals surface area (Å²) in [7, 11) is 2.04. The molecule has 1 aliphatic heterocycles. The zero-order valence-corrected chi connectivity index (χ0v) is 10.8. The topological polar surface area (TPSA) is 15.3 Å². The van der Waals surface area contributed by atoms with Gasteiger partial charge < -0.3 is 10.2 Å². The quantitative estimate of drug-likeness (QED) is 0.704. The van der Waals surface area contributed by atoms with Gasteiger partial charge >= 0.3 is 0 Å². The molecular weight excluding hydrogens is 184 g/mol. The van der Waals surface area contributed by atoms with Crippen LogP contribution in [0.2, 0.25) is 0 Å². The molecule has 0 saturated carbocycles. The van der Waals surface area contributed by atoms with Gasteiger partial charge in [0.2, 0.25) is 0 Å². The molecule has 2 nitrogen and oxygen atoms in total. The molecule has 1 rings (SSSR count). The average molecular weight is 212 g/mol. The lowest BCUT2D eigenvalue weighted by atomic mass is 9.85. The van der Waals surface area contributed by atoms with E-state index in [0.717, 1.165) is 0 Å². The fourth-order valence-electron chi connectivity index (χ4n) is 2.34. The van der Waals surface area contributed by atoms with Gasteiger partial charge in [0.25, 0.3) is 0 Å². The predicted octanol–water partition coefficient (Wildman–Crippen LogP) is 2.50. The molecule has 15 heavy (non-hydrogen) atoms. The van der Waals surface area contributed by atoms with Gasteiger partial charge in [0, 0.05) is 0 Å². The van der Waals surface area contributed by atoms with E-state index in [-0.39, 0.29) is 0 Å². The summed E-state index contributed by atoms with van der Waals surface area (Å²) < 4.78 is 0. The fourth-order valence-corrected chi connectivity index (χ4v) is 2.34. The number of likely N-dealkylation sites (tertiary alicyclic amines) is 1. The molecule has 1 N–H and O–H groups in total. The standard InChI is InChI=1S/C13H28N2/c1-13(2)7-6-11-15(12-8-13)10-5-4-9-14-3/h14H,4-12H2,1-3H3. The highest BCUT2D eigenvalue weighted by molar-refractivity contribution is 4.76. The van der Waals surface area contributed by atoms with E-state index in [0.29, 0.717) is 5.41 Å². The van der Waals surface area contributed by atoms with Gasteiger partial charge in [0.05, 0.1) is 0 Å². The van der Waals surface area contributed by atoms with Crippen LogP contribution in [0.3, 0.4) is 0 Å². The lowest BCUT2D eigenvalue weighted by Crippen LogP contribution is -2.27.